The van der Waals surface area contributed by atoms with E-state index in [0.717, 1.165) is 12.8 Å². The Labute approximate surface area is 148 Å². The van der Waals surface area contributed by atoms with E-state index in [1.54, 1.807) is 0 Å². The van der Waals surface area contributed by atoms with Gasteiger partial charge in [-0.1, -0.05) is 83.1 Å². The maximum absolute atomic E-state index is 6.77. The molecule has 0 spiro atoms. The van der Waals surface area contributed by atoms with Crippen molar-refractivity contribution in [1.82, 2.24) is 0 Å². The lowest BCUT2D eigenvalue weighted by Gasteiger charge is -2.41. The largest absolute Gasteiger partial charge is 0.374 e. The minimum absolute atomic E-state index is 0.191. The van der Waals surface area contributed by atoms with Crippen LogP contribution < -0.4 is 0 Å². The highest BCUT2D eigenvalue weighted by molar-refractivity contribution is 4.83. The zero-order valence-electron chi connectivity index (χ0n) is 18.4. The van der Waals surface area contributed by atoms with E-state index in [2.05, 4.69) is 83.1 Å². The molecule has 0 aliphatic heterocycles. The number of rotatable bonds is 6. The van der Waals surface area contributed by atoms with Crippen molar-refractivity contribution < 1.29 is 4.74 Å². The summed E-state index contributed by atoms with van der Waals surface area (Å²) in [6.07, 6.45) is 5.37. The van der Waals surface area contributed by atoms with Gasteiger partial charge in [0.2, 0.25) is 0 Å². The fourth-order valence-corrected chi connectivity index (χ4v) is 2.74. The Kier molecular flexibility index (Phi) is 7.88. The molecular weight excluding hydrogens is 280 g/mol. The van der Waals surface area contributed by atoms with E-state index >= 15 is 0 Å². The van der Waals surface area contributed by atoms with Crippen molar-refractivity contribution in [3.05, 3.63) is 0 Å². The Morgan fingerprint density at radius 1 is 0.522 bits per heavy atom. The molecule has 0 aromatic rings. The first-order valence-corrected chi connectivity index (χ1v) is 9.57. The van der Waals surface area contributed by atoms with E-state index < -0.39 is 0 Å². The normalized spacial score (nSPS) is 17.2. The number of ether oxygens (including phenoxy) is 1. The molecule has 1 nitrogen and oxygen atoms in total. The maximum atomic E-state index is 6.77. The van der Waals surface area contributed by atoms with E-state index in [1.807, 2.05) is 0 Å². The van der Waals surface area contributed by atoms with E-state index in [9.17, 15) is 0 Å². The molecule has 2 unspecified atom stereocenters. The monoisotopic (exact) mass is 326 g/mol. The highest BCUT2D eigenvalue weighted by Gasteiger charge is 2.34. The Morgan fingerprint density at radius 2 is 0.783 bits per heavy atom. The molecule has 0 fully saturated rings. The van der Waals surface area contributed by atoms with E-state index in [-0.39, 0.29) is 10.8 Å². The lowest BCUT2D eigenvalue weighted by molar-refractivity contribution is -0.117. The first-order valence-electron chi connectivity index (χ1n) is 9.57. The minimum Gasteiger partial charge on any atom is -0.374 e. The van der Waals surface area contributed by atoms with Crippen LogP contribution in [0.1, 0.15) is 109 Å². The van der Waals surface area contributed by atoms with Gasteiger partial charge in [-0.25, -0.2) is 0 Å². The minimum atomic E-state index is 0.191. The summed E-state index contributed by atoms with van der Waals surface area (Å²) >= 11 is 0. The van der Waals surface area contributed by atoms with Crippen LogP contribution in [0.25, 0.3) is 0 Å². The summed E-state index contributed by atoms with van der Waals surface area (Å²) in [6.45, 7) is 27.9. The summed E-state index contributed by atoms with van der Waals surface area (Å²) in [7, 11) is 0. The van der Waals surface area contributed by atoms with Crippen LogP contribution in [0, 0.1) is 21.7 Å². The molecular formula is C22H46O. The molecule has 0 saturated heterocycles. The van der Waals surface area contributed by atoms with Crippen LogP contribution in [0.5, 0.6) is 0 Å². The van der Waals surface area contributed by atoms with Gasteiger partial charge in [0.15, 0.2) is 0 Å². The van der Waals surface area contributed by atoms with E-state index in [4.69, 9.17) is 4.74 Å². The van der Waals surface area contributed by atoms with Crippen molar-refractivity contribution in [2.45, 2.75) is 121 Å². The first kappa shape index (κ1) is 23.0. The molecule has 0 aliphatic rings. The lowest BCUT2D eigenvalue weighted by Crippen LogP contribution is -2.40. The average molecular weight is 327 g/mol. The van der Waals surface area contributed by atoms with Crippen LogP contribution in [-0.4, -0.2) is 12.2 Å². The van der Waals surface area contributed by atoms with Gasteiger partial charge in [0.05, 0.1) is 12.2 Å². The molecule has 0 aromatic carbocycles. The molecule has 0 aliphatic carbocycles. The highest BCUT2D eigenvalue weighted by atomic mass is 16.5. The van der Waals surface area contributed by atoms with E-state index in [1.165, 1.54) is 12.8 Å². The van der Waals surface area contributed by atoms with Gasteiger partial charge in [-0.15, -0.1) is 0 Å². The molecule has 0 saturated carbocycles. The summed E-state index contributed by atoms with van der Waals surface area (Å²) in [5, 5.41) is 0. The molecule has 0 radical (unpaired) electrons. The van der Waals surface area contributed by atoms with Gasteiger partial charge in [0.25, 0.3) is 0 Å². The smallest absolute Gasteiger partial charge is 0.0627 e. The molecule has 0 aromatic heterocycles. The SMILES string of the molecule is CC(C)(C)CCC(OC(CCC(C)(C)C)C(C)(C)C)C(C)(C)C. The van der Waals surface area contributed by atoms with Crippen LogP contribution in [0.4, 0.5) is 0 Å². The van der Waals surface area contributed by atoms with Crippen molar-refractivity contribution in [3.8, 4) is 0 Å². The van der Waals surface area contributed by atoms with Crippen molar-refractivity contribution in [2.24, 2.45) is 21.7 Å². The van der Waals surface area contributed by atoms with Gasteiger partial charge in [0.1, 0.15) is 0 Å². The fourth-order valence-electron chi connectivity index (χ4n) is 2.74. The van der Waals surface area contributed by atoms with Crippen molar-refractivity contribution >= 4 is 0 Å². The Bertz CT molecular complexity index is 293. The molecule has 0 amide bonds. The van der Waals surface area contributed by atoms with Gasteiger partial charge in [-0.2, -0.15) is 0 Å². The summed E-state index contributed by atoms with van der Waals surface area (Å²) in [4.78, 5) is 0. The van der Waals surface area contributed by atoms with Crippen LogP contribution in [0.3, 0.4) is 0 Å². The summed E-state index contributed by atoms with van der Waals surface area (Å²) in [5.41, 5.74) is 1.12. The third-order valence-corrected chi connectivity index (χ3v) is 4.57. The van der Waals surface area contributed by atoms with Crippen LogP contribution in [0.15, 0.2) is 0 Å². The first-order chi connectivity index (χ1) is 9.92. The average Bonchev–Trinajstić information content (AvgIpc) is 2.21. The Morgan fingerprint density at radius 3 is 0.957 bits per heavy atom. The van der Waals surface area contributed by atoms with Crippen molar-refractivity contribution in [3.63, 3.8) is 0 Å². The third-order valence-electron chi connectivity index (χ3n) is 4.57. The van der Waals surface area contributed by atoms with Crippen LogP contribution in [-0.2, 0) is 4.74 Å². The molecule has 0 heterocycles. The molecule has 1 heteroatoms. The second kappa shape index (κ2) is 7.89. The van der Waals surface area contributed by atoms with Gasteiger partial charge >= 0.3 is 0 Å². The fraction of sp³-hybridized carbons (Fsp3) is 1.00. The zero-order chi connectivity index (χ0) is 18.7. The number of hydrogen-bond donors (Lipinski definition) is 0. The maximum Gasteiger partial charge on any atom is 0.0627 e. The van der Waals surface area contributed by atoms with Gasteiger partial charge < -0.3 is 4.74 Å². The standard InChI is InChI=1S/C22H46O/c1-19(2,3)15-13-17(21(7,8)9)23-18(22(10,11)12)14-16-20(4,5)6/h17-18H,13-16H2,1-12H3. The van der Waals surface area contributed by atoms with Crippen molar-refractivity contribution in [2.75, 3.05) is 0 Å². The predicted molar refractivity (Wildman–Crippen MR) is 105 cm³/mol. The molecule has 0 bridgehead atoms. The van der Waals surface area contributed by atoms with Gasteiger partial charge in [-0.3, -0.25) is 0 Å². The lowest BCUT2D eigenvalue weighted by atomic mass is 9.79. The summed E-state index contributed by atoms with van der Waals surface area (Å²) in [6, 6.07) is 0. The van der Waals surface area contributed by atoms with Gasteiger partial charge in [-0.05, 0) is 47.3 Å². The van der Waals surface area contributed by atoms with Crippen molar-refractivity contribution in [1.29, 1.82) is 0 Å². The van der Waals surface area contributed by atoms with Crippen LogP contribution >= 0.6 is 0 Å². The Balaban J connectivity index is 5.06. The van der Waals surface area contributed by atoms with Crippen LogP contribution in [0.2, 0.25) is 0 Å². The molecule has 23 heavy (non-hydrogen) atoms. The zero-order valence-corrected chi connectivity index (χ0v) is 18.4. The van der Waals surface area contributed by atoms with Gasteiger partial charge in [0, 0.05) is 0 Å². The summed E-state index contributed by atoms with van der Waals surface area (Å²) < 4.78 is 6.77. The molecule has 140 valence electrons. The highest BCUT2D eigenvalue weighted by Crippen LogP contribution is 2.37. The Hall–Kier alpha value is -0.0400. The van der Waals surface area contributed by atoms with E-state index in [0.29, 0.717) is 23.0 Å². The predicted octanol–water partition coefficient (Wildman–Crippen LogP) is 7.49. The third kappa shape index (κ3) is 11.2. The summed E-state index contributed by atoms with van der Waals surface area (Å²) in [5.74, 6) is 0. The quantitative estimate of drug-likeness (QED) is 0.491. The molecule has 0 N–H and O–H groups in total. The molecule has 0 rings (SSSR count). The topological polar surface area (TPSA) is 9.23 Å². The number of hydrogen-bond acceptors (Lipinski definition) is 1. The second-order valence-electron chi connectivity index (χ2n) is 12.0. The second-order valence-corrected chi connectivity index (χ2v) is 12.0. The molecule has 2 atom stereocenters.